The van der Waals surface area contributed by atoms with E-state index in [0.717, 1.165) is 43.7 Å². The number of benzene rings is 2. The molecule has 0 fully saturated rings. The highest BCUT2D eigenvalue weighted by Crippen LogP contribution is 2.36. The molecule has 0 saturated heterocycles. The van der Waals surface area contributed by atoms with Crippen LogP contribution < -0.4 is 5.32 Å². The molecule has 0 unspecified atom stereocenters. The van der Waals surface area contributed by atoms with Gasteiger partial charge in [0.05, 0.1) is 28.9 Å². The van der Waals surface area contributed by atoms with Crippen molar-refractivity contribution in [3.63, 3.8) is 0 Å². The van der Waals surface area contributed by atoms with Gasteiger partial charge in [-0.3, -0.25) is 4.79 Å². The van der Waals surface area contributed by atoms with Gasteiger partial charge in [0.25, 0.3) is 0 Å². The maximum atomic E-state index is 12.7. The molecule has 7 heteroatoms. The van der Waals surface area contributed by atoms with Crippen LogP contribution in [0.5, 0.6) is 0 Å². The molecule has 0 bridgehead atoms. The molecule has 0 radical (unpaired) electrons. The Hall–Kier alpha value is -3.55. The third-order valence-electron chi connectivity index (χ3n) is 5.19. The van der Waals surface area contributed by atoms with Crippen LogP contribution in [0.15, 0.2) is 90.6 Å². The summed E-state index contributed by atoms with van der Waals surface area (Å²) < 4.78 is 1.85. The molecule has 3 aromatic heterocycles. The molecular formula is C26H22N4OS2. The molecule has 3 heterocycles. The average Bonchev–Trinajstić information content (AvgIpc) is 3.61. The van der Waals surface area contributed by atoms with Crippen LogP contribution in [0.1, 0.15) is 10.4 Å². The minimum Gasteiger partial charge on any atom is -0.355 e. The topological polar surface area (TPSA) is 59.8 Å². The first-order chi connectivity index (χ1) is 16.3. The Morgan fingerprint density at radius 1 is 0.970 bits per heavy atom. The summed E-state index contributed by atoms with van der Waals surface area (Å²) in [6, 6.07) is 24.2. The van der Waals surface area contributed by atoms with E-state index in [1.165, 1.54) is 0 Å². The number of para-hydroxylation sites is 1. The highest BCUT2D eigenvalue weighted by atomic mass is 32.1. The van der Waals surface area contributed by atoms with Gasteiger partial charge in [0, 0.05) is 23.2 Å². The van der Waals surface area contributed by atoms with Crippen molar-refractivity contribution in [3.05, 3.63) is 101 Å². The monoisotopic (exact) mass is 470 g/mol. The number of aromatic nitrogens is 3. The summed E-state index contributed by atoms with van der Waals surface area (Å²) in [4.78, 5) is 19.7. The molecule has 5 aromatic rings. The smallest absolute Gasteiger partial charge is 0.225 e. The average molecular weight is 471 g/mol. The predicted octanol–water partition coefficient (Wildman–Crippen LogP) is 5.63. The van der Waals surface area contributed by atoms with Gasteiger partial charge < -0.3 is 5.32 Å². The van der Waals surface area contributed by atoms with Gasteiger partial charge in [-0.05, 0) is 35.6 Å². The fourth-order valence-corrected chi connectivity index (χ4v) is 5.43. The van der Waals surface area contributed by atoms with Gasteiger partial charge in [0.1, 0.15) is 5.01 Å². The van der Waals surface area contributed by atoms with Crippen molar-refractivity contribution in [1.82, 2.24) is 20.1 Å². The number of rotatable bonds is 8. The van der Waals surface area contributed by atoms with E-state index in [4.69, 9.17) is 4.98 Å². The van der Waals surface area contributed by atoms with Gasteiger partial charge in [-0.2, -0.15) is 5.10 Å². The Morgan fingerprint density at radius 3 is 2.52 bits per heavy atom. The largest absolute Gasteiger partial charge is 0.355 e. The highest BCUT2D eigenvalue weighted by Gasteiger charge is 2.17. The Balaban J connectivity index is 1.24. The second kappa shape index (κ2) is 9.94. The zero-order valence-corrected chi connectivity index (χ0v) is 19.5. The Bertz CT molecular complexity index is 1330. The van der Waals surface area contributed by atoms with Gasteiger partial charge in [-0.1, -0.05) is 54.6 Å². The fourth-order valence-electron chi connectivity index (χ4n) is 3.55. The number of amides is 1. The number of thiophene rings is 1. The van der Waals surface area contributed by atoms with Crippen molar-refractivity contribution in [2.24, 2.45) is 0 Å². The maximum Gasteiger partial charge on any atom is 0.225 e. The molecule has 0 saturated carbocycles. The molecule has 33 heavy (non-hydrogen) atoms. The van der Waals surface area contributed by atoms with Crippen molar-refractivity contribution >= 4 is 28.6 Å². The van der Waals surface area contributed by atoms with Crippen LogP contribution in [0.25, 0.3) is 26.8 Å². The molecule has 0 aliphatic heterocycles. The summed E-state index contributed by atoms with van der Waals surface area (Å²) in [5.41, 5.74) is 4.09. The molecule has 5 rings (SSSR count). The Kier molecular flexibility index (Phi) is 6.41. The number of carbonyl (C=O) groups is 1. The van der Waals surface area contributed by atoms with Crippen LogP contribution in [0.3, 0.4) is 0 Å². The van der Waals surface area contributed by atoms with Crippen LogP contribution in [-0.4, -0.2) is 27.2 Å². The van der Waals surface area contributed by atoms with E-state index in [1.807, 2.05) is 77.1 Å². The molecule has 0 spiro atoms. The molecule has 2 aromatic carbocycles. The summed E-state index contributed by atoms with van der Waals surface area (Å²) in [5, 5.41) is 10.5. The fraction of sp³-hybridized carbons (Fsp3) is 0.115. The van der Waals surface area contributed by atoms with Crippen LogP contribution in [0.4, 0.5) is 0 Å². The van der Waals surface area contributed by atoms with E-state index < -0.39 is 0 Å². The number of thiazole rings is 1. The van der Waals surface area contributed by atoms with E-state index in [2.05, 4.69) is 28.6 Å². The summed E-state index contributed by atoms with van der Waals surface area (Å²) in [6.45, 7) is 0.567. The van der Waals surface area contributed by atoms with Gasteiger partial charge in [-0.25, -0.2) is 9.67 Å². The van der Waals surface area contributed by atoms with Crippen LogP contribution >= 0.6 is 22.7 Å². The lowest BCUT2D eigenvalue weighted by atomic mass is 10.2. The van der Waals surface area contributed by atoms with Crippen molar-refractivity contribution in [3.8, 4) is 26.8 Å². The lowest BCUT2D eigenvalue weighted by Crippen LogP contribution is -2.27. The van der Waals surface area contributed by atoms with Crippen molar-refractivity contribution in [2.45, 2.75) is 12.8 Å². The number of hydrogen-bond donors (Lipinski definition) is 1. The summed E-state index contributed by atoms with van der Waals surface area (Å²) in [7, 11) is 0. The quantitative estimate of drug-likeness (QED) is 0.320. The molecule has 0 aliphatic rings. The second-order valence-electron chi connectivity index (χ2n) is 7.54. The number of carbonyl (C=O) groups excluding carboxylic acids is 1. The number of nitrogens with one attached hydrogen (secondary N) is 1. The number of nitrogens with zero attached hydrogens (tertiary/aromatic N) is 3. The van der Waals surface area contributed by atoms with Crippen molar-refractivity contribution < 1.29 is 4.79 Å². The van der Waals surface area contributed by atoms with E-state index in [0.29, 0.717) is 13.0 Å². The third kappa shape index (κ3) is 5.10. The Labute approximate surface area is 200 Å². The van der Waals surface area contributed by atoms with Crippen molar-refractivity contribution in [1.29, 1.82) is 0 Å². The van der Waals surface area contributed by atoms with E-state index in [1.54, 1.807) is 22.7 Å². The van der Waals surface area contributed by atoms with Gasteiger partial charge >= 0.3 is 0 Å². The zero-order valence-electron chi connectivity index (χ0n) is 17.8. The molecule has 164 valence electrons. The lowest BCUT2D eigenvalue weighted by Gasteiger charge is -2.04. The first kappa shape index (κ1) is 21.3. The Morgan fingerprint density at radius 2 is 1.76 bits per heavy atom. The maximum absolute atomic E-state index is 12.7. The lowest BCUT2D eigenvalue weighted by molar-refractivity contribution is -0.120. The molecule has 1 amide bonds. The minimum atomic E-state index is 0.00604. The predicted molar refractivity (Wildman–Crippen MR) is 135 cm³/mol. The SMILES string of the molecule is O=C(Cc1sc(-c2ccccc2)nc1-c1cccs1)NCCc1cnn(-c2ccccc2)c1. The summed E-state index contributed by atoms with van der Waals surface area (Å²) >= 11 is 3.24. The van der Waals surface area contributed by atoms with Crippen LogP contribution in [-0.2, 0) is 17.6 Å². The molecule has 5 nitrogen and oxygen atoms in total. The first-order valence-electron chi connectivity index (χ1n) is 10.7. The standard InChI is InChI=1S/C26H22N4OS2/c31-24(27-14-13-19-17-28-30(18-19)21-10-5-2-6-11-21)16-23-25(22-12-7-15-32-22)29-26(33-23)20-8-3-1-4-9-20/h1-12,15,17-18H,13-14,16H2,(H,27,31). The van der Waals surface area contributed by atoms with E-state index in [-0.39, 0.29) is 5.91 Å². The van der Waals surface area contributed by atoms with Crippen LogP contribution in [0.2, 0.25) is 0 Å². The number of hydrogen-bond acceptors (Lipinski definition) is 5. The first-order valence-corrected chi connectivity index (χ1v) is 12.4. The van der Waals surface area contributed by atoms with Gasteiger partial charge in [0.15, 0.2) is 0 Å². The van der Waals surface area contributed by atoms with Crippen molar-refractivity contribution in [2.75, 3.05) is 6.54 Å². The second-order valence-corrected chi connectivity index (χ2v) is 9.57. The summed E-state index contributed by atoms with van der Waals surface area (Å²) in [6.07, 6.45) is 4.91. The van der Waals surface area contributed by atoms with Crippen LogP contribution in [0, 0.1) is 0 Å². The van der Waals surface area contributed by atoms with Gasteiger partial charge in [0.2, 0.25) is 5.91 Å². The normalized spacial score (nSPS) is 10.9. The van der Waals surface area contributed by atoms with E-state index in [9.17, 15) is 4.79 Å². The molecule has 0 aliphatic carbocycles. The summed E-state index contributed by atoms with van der Waals surface area (Å²) in [5.74, 6) is 0.00604. The third-order valence-corrected chi connectivity index (χ3v) is 7.17. The molecule has 1 N–H and O–H groups in total. The molecule has 0 atom stereocenters. The zero-order chi connectivity index (χ0) is 22.5. The van der Waals surface area contributed by atoms with Gasteiger partial charge in [-0.15, -0.1) is 22.7 Å². The molecular weight excluding hydrogens is 448 g/mol. The van der Waals surface area contributed by atoms with E-state index >= 15 is 0 Å². The highest BCUT2D eigenvalue weighted by molar-refractivity contribution is 7.17. The minimum absolute atomic E-state index is 0.00604.